The van der Waals surface area contributed by atoms with Crippen molar-refractivity contribution < 1.29 is 34.5 Å². The Morgan fingerprint density at radius 1 is 1.15 bits per heavy atom. The quantitative estimate of drug-likeness (QED) is 0.271. The number of nitrogens with two attached hydrogens (primary N) is 1. The summed E-state index contributed by atoms with van der Waals surface area (Å²) in [6.45, 7) is 0.780. The number of carboxylic acid groups (broad SMARTS) is 2. The van der Waals surface area contributed by atoms with E-state index in [-0.39, 0.29) is 0 Å². The van der Waals surface area contributed by atoms with Gasteiger partial charge in [-0.3, -0.25) is 14.4 Å². The predicted octanol–water partition coefficient (Wildman–Crippen LogP) is -3.15. The van der Waals surface area contributed by atoms with Crippen LogP contribution in [0.2, 0.25) is 0 Å². The zero-order chi connectivity index (χ0) is 15.9. The molecule has 20 heavy (non-hydrogen) atoms. The van der Waals surface area contributed by atoms with Crippen LogP contribution in [0.1, 0.15) is 13.3 Å². The minimum Gasteiger partial charge on any atom is -0.481 e. The first-order valence-electron chi connectivity index (χ1n) is 5.61. The van der Waals surface area contributed by atoms with Crippen LogP contribution in [0.3, 0.4) is 0 Å². The molecule has 10 nitrogen and oxygen atoms in total. The van der Waals surface area contributed by atoms with E-state index in [1.54, 1.807) is 0 Å². The van der Waals surface area contributed by atoms with Crippen LogP contribution in [0, 0.1) is 0 Å². The van der Waals surface area contributed by atoms with Crippen molar-refractivity contribution in [2.45, 2.75) is 31.5 Å². The van der Waals surface area contributed by atoms with Gasteiger partial charge in [0.25, 0.3) is 0 Å². The average Bonchev–Trinajstić information content (AvgIpc) is 2.33. The fourth-order valence-corrected chi connectivity index (χ4v) is 1.27. The molecule has 0 saturated heterocycles. The van der Waals surface area contributed by atoms with Crippen molar-refractivity contribution in [1.29, 1.82) is 0 Å². The van der Waals surface area contributed by atoms with Crippen LogP contribution in [0.4, 0.5) is 0 Å². The van der Waals surface area contributed by atoms with Gasteiger partial charge in [0.2, 0.25) is 11.8 Å². The molecule has 0 aromatic carbocycles. The van der Waals surface area contributed by atoms with E-state index in [4.69, 9.17) is 15.9 Å². The van der Waals surface area contributed by atoms with Crippen LogP contribution in [0.25, 0.3) is 0 Å². The summed E-state index contributed by atoms with van der Waals surface area (Å²) in [4.78, 5) is 44.1. The minimum atomic E-state index is -1.67. The Labute approximate surface area is 113 Å². The fraction of sp³-hybridized carbons (Fsp3) is 0.600. The molecule has 3 atom stereocenters. The average molecular weight is 291 g/mol. The molecular weight excluding hydrogens is 274 g/mol. The second-order valence-corrected chi connectivity index (χ2v) is 3.99. The summed E-state index contributed by atoms with van der Waals surface area (Å²) >= 11 is 0. The summed E-state index contributed by atoms with van der Waals surface area (Å²) in [7, 11) is 0. The van der Waals surface area contributed by atoms with E-state index >= 15 is 0 Å². The zero-order valence-corrected chi connectivity index (χ0v) is 10.7. The SMILES string of the molecule is CC(O)C(NC(=O)CN)C(=O)NC(CC(=O)O)C(=O)O. The summed E-state index contributed by atoms with van der Waals surface area (Å²) in [5, 5.41) is 30.7. The molecule has 114 valence electrons. The normalized spacial score (nSPS) is 14.8. The summed E-state index contributed by atoms with van der Waals surface area (Å²) in [6.07, 6.45) is -2.15. The molecule has 0 saturated carbocycles. The third-order valence-corrected chi connectivity index (χ3v) is 2.26. The second kappa shape index (κ2) is 8.07. The first-order chi connectivity index (χ1) is 9.18. The van der Waals surface area contributed by atoms with Crippen LogP contribution in [0.5, 0.6) is 0 Å². The maximum Gasteiger partial charge on any atom is 0.326 e. The lowest BCUT2D eigenvalue weighted by atomic mass is 10.1. The number of aliphatic hydroxyl groups excluding tert-OH is 1. The lowest BCUT2D eigenvalue weighted by Crippen LogP contribution is -2.56. The highest BCUT2D eigenvalue weighted by Gasteiger charge is 2.30. The number of hydrogen-bond donors (Lipinski definition) is 6. The number of aliphatic hydroxyl groups is 1. The van der Waals surface area contributed by atoms with Gasteiger partial charge in [0.05, 0.1) is 19.1 Å². The molecule has 2 amide bonds. The van der Waals surface area contributed by atoms with E-state index in [1.807, 2.05) is 5.32 Å². The van der Waals surface area contributed by atoms with Crippen molar-refractivity contribution in [1.82, 2.24) is 10.6 Å². The Bertz CT molecular complexity index is 396. The van der Waals surface area contributed by atoms with Gasteiger partial charge < -0.3 is 31.7 Å². The van der Waals surface area contributed by atoms with Gasteiger partial charge in [-0.05, 0) is 6.92 Å². The third-order valence-electron chi connectivity index (χ3n) is 2.26. The van der Waals surface area contributed by atoms with Crippen LogP contribution >= 0.6 is 0 Å². The molecule has 0 aromatic rings. The molecule has 0 heterocycles. The van der Waals surface area contributed by atoms with Crippen molar-refractivity contribution in [2.75, 3.05) is 6.54 Å². The largest absolute Gasteiger partial charge is 0.481 e. The highest BCUT2D eigenvalue weighted by Crippen LogP contribution is 1.98. The number of aliphatic carboxylic acids is 2. The van der Waals surface area contributed by atoms with Crippen molar-refractivity contribution in [3.63, 3.8) is 0 Å². The number of amides is 2. The lowest BCUT2D eigenvalue weighted by molar-refractivity contribution is -0.147. The minimum absolute atomic E-state index is 0.423. The maximum atomic E-state index is 11.7. The van der Waals surface area contributed by atoms with Crippen LogP contribution in [-0.4, -0.2) is 63.8 Å². The second-order valence-electron chi connectivity index (χ2n) is 3.99. The Morgan fingerprint density at radius 2 is 1.70 bits per heavy atom. The van der Waals surface area contributed by atoms with E-state index in [2.05, 4.69) is 5.32 Å². The van der Waals surface area contributed by atoms with Crippen molar-refractivity contribution >= 4 is 23.8 Å². The van der Waals surface area contributed by atoms with E-state index < -0.39 is 54.9 Å². The molecule has 0 spiro atoms. The van der Waals surface area contributed by atoms with Gasteiger partial charge in [-0.15, -0.1) is 0 Å². The Hall–Kier alpha value is -2.20. The van der Waals surface area contributed by atoms with Gasteiger partial charge in [0.15, 0.2) is 0 Å². The predicted molar refractivity (Wildman–Crippen MR) is 64.5 cm³/mol. The van der Waals surface area contributed by atoms with Crippen molar-refractivity contribution in [3.8, 4) is 0 Å². The summed E-state index contributed by atoms with van der Waals surface area (Å²) < 4.78 is 0. The summed E-state index contributed by atoms with van der Waals surface area (Å²) in [5.41, 5.74) is 5.04. The van der Waals surface area contributed by atoms with E-state index in [1.165, 1.54) is 6.92 Å². The Balaban J connectivity index is 4.84. The molecule has 3 unspecified atom stereocenters. The summed E-state index contributed by atoms with van der Waals surface area (Å²) in [5.74, 6) is -4.71. The molecular formula is C10H17N3O7. The van der Waals surface area contributed by atoms with Gasteiger partial charge in [0.1, 0.15) is 12.1 Å². The molecule has 0 bridgehead atoms. The molecule has 10 heteroatoms. The number of carboxylic acids is 2. The highest BCUT2D eigenvalue weighted by molar-refractivity contribution is 5.92. The van der Waals surface area contributed by atoms with Gasteiger partial charge in [0, 0.05) is 0 Å². The van der Waals surface area contributed by atoms with Crippen molar-refractivity contribution in [3.05, 3.63) is 0 Å². The Kier molecular flexibility index (Phi) is 7.18. The molecule has 0 aliphatic heterocycles. The van der Waals surface area contributed by atoms with Crippen LogP contribution in [-0.2, 0) is 19.2 Å². The van der Waals surface area contributed by atoms with Gasteiger partial charge in [-0.1, -0.05) is 0 Å². The standard InChI is InChI=1S/C10H17N3O7/c1-4(14)8(13-6(15)3-11)9(18)12-5(10(19)20)2-7(16)17/h4-5,8,14H,2-3,11H2,1H3,(H,12,18)(H,13,15)(H,16,17)(H,19,20). The first kappa shape index (κ1) is 17.8. The van der Waals surface area contributed by atoms with E-state index in [0.717, 1.165) is 0 Å². The third kappa shape index (κ3) is 6.11. The van der Waals surface area contributed by atoms with E-state index in [9.17, 15) is 24.3 Å². The monoisotopic (exact) mass is 291 g/mol. The highest BCUT2D eigenvalue weighted by atomic mass is 16.4. The van der Waals surface area contributed by atoms with E-state index in [0.29, 0.717) is 0 Å². The number of carbonyl (C=O) groups excluding carboxylic acids is 2. The maximum absolute atomic E-state index is 11.7. The van der Waals surface area contributed by atoms with Crippen LogP contribution in [0.15, 0.2) is 0 Å². The molecule has 7 N–H and O–H groups in total. The van der Waals surface area contributed by atoms with Gasteiger partial charge >= 0.3 is 11.9 Å². The van der Waals surface area contributed by atoms with Gasteiger partial charge in [-0.25, -0.2) is 4.79 Å². The number of carbonyl (C=O) groups is 4. The number of rotatable bonds is 8. The molecule has 0 aliphatic rings. The van der Waals surface area contributed by atoms with Gasteiger partial charge in [-0.2, -0.15) is 0 Å². The smallest absolute Gasteiger partial charge is 0.326 e. The first-order valence-corrected chi connectivity index (χ1v) is 5.61. The molecule has 0 aliphatic carbocycles. The Morgan fingerprint density at radius 3 is 2.05 bits per heavy atom. The number of hydrogen-bond acceptors (Lipinski definition) is 6. The molecule has 0 radical (unpaired) electrons. The fourth-order valence-electron chi connectivity index (χ4n) is 1.27. The molecule has 0 fully saturated rings. The zero-order valence-electron chi connectivity index (χ0n) is 10.7. The lowest BCUT2D eigenvalue weighted by Gasteiger charge is -2.22. The van der Waals surface area contributed by atoms with Crippen LogP contribution < -0.4 is 16.4 Å². The molecule has 0 aromatic heterocycles. The summed E-state index contributed by atoms with van der Waals surface area (Å²) in [6, 6.07) is -3.10. The topological polar surface area (TPSA) is 179 Å². The van der Waals surface area contributed by atoms with Crippen molar-refractivity contribution in [2.24, 2.45) is 5.73 Å². The molecule has 0 rings (SSSR count). The number of nitrogens with one attached hydrogen (secondary N) is 2.